The van der Waals surface area contributed by atoms with Crippen molar-refractivity contribution in [3.05, 3.63) is 0 Å². The molecule has 19 heavy (non-hydrogen) atoms. The molecule has 0 aliphatic carbocycles. The predicted molar refractivity (Wildman–Crippen MR) is 84.4 cm³/mol. The Morgan fingerprint density at radius 1 is 1.05 bits per heavy atom. The number of carbonyl (C=O) groups is 1. The van der Waals surface area contributed by atoms with Gasteiger partial charge in [-0.1, -0.05) is 0 Å². The third-order valence-corrected chi connectivity index (χ3v) is 2.76. The number of rotatable bonds is 8. The van der Waals surface area contributed by atoms with Gasteiger partial charge in [0, 0.05) is 26.2 Å². The lowest BCUT2D eigenvalue weighted by Crippen LogP contribution is -2.54. The van der Waals surface area contributed by atoms with Gasteiger partial charge >= 0.3 is 5.91 Å². The van der Waals surface area contributed by atoms with Crippen molar-refractivity contribution >= 4 is 43.1 Å². The standard InChI is InChI=1S/C10H25N4O2.3ClH/c1-3-14(16,4-2)10(15)9-13(7-5-11)8-6-12;;;/h16H,3-9,11-12H2,1-2H3;3*1H/q+1;;;. The maximum Gasteiger partial charge on any atom is 0.359 e. The van der Waals surface area contributed by atoms with Gasteiger partial charge in [0.05, 0.1) is 0 Å². The smallest absolute Gasteiger partial charge is 0.329 e. The first-order chi connectivity index (χ1) is 7.53. The number of hydrogen-bond donors (Lipinski definition) is 3. The second-order valence-electron chi connectivity index (χ2n) is 3.80. The average Bonchev–Trinajstić information content (AvgIpc) is 2.28. The van der Waals surface area contributed by atoms with Crippen LogP contribution >= 0.6 is 37.2 Å². The third kappa shape index (κ3) is 9.81. The maximum atomic E-state index is 11.9. The van der Waals surface area contributed by atoms with Crippen molar-refractivity contribution in [1.29, 1.82) is 0 Å². The summed E-state index contributed by atoms with van der Waals surface area (Å²) >= 11 is 0. The van der Waals surface area contributed by atoms with E-state index >= 15 is 0 Å². The summed E-state index contributed by atoms with van der Waals surface area (Å²) in [5.74, 6) is -0.202. The van der Waals surface area contributed by atoms with Gasteiger partial charge in [0.25, 0.3) is 0 Å². The molecule has 0 saturated carbocycles. The first-order valence-electron chi connectivity index (χ1n) is 5.79. The first-order valence-corrected chi connectivity index (χ1v) is 5.79. The number of carbonyl (C=O) groups excluding carboxylic acids is 1. The third-order valence-electron chi connectivity index (χ3n) is 2.76. The molecule has 5 N–H and O–H groups in total. The zero-order chi connectivity index (χ0) is 12.6. The molecule has 0 heterocycles. The SMILES string of the molecule is CC[N+](O)(CC)C(=O)CN(CCN)CCN.Cl.Cl.Cl. The van der Waals surface area contributed by atoms with E-state index in [1.165, 1.54) is 0 Å². The fourth-order valence-electron chi connectivity index (χ4n) is 1.53. The molecule has 6 nitrogen and oxygen atoms in total. The van der Waals surface area contributed by atoms with Crippen LogP contribution in [0.25, 0.3) is 0 Å². The normalized spacial score (nSPS) is 10.2. The molecular weight excluding hydrogens is 314 g/mol. The molecule has 0 saturated heterocycles. The quantitative estimate of drug-likeness (QED) is 0.334. The molecule has 1 amide bonds. The summed E-state index contributed by atoms with van der Waals surface area (Å²) in [6.45, 7) is 6.76. The fraction of sp³-hybridized carbons (Fsp3) is 0.900. The molecular formula is C10H28Cl3N4O2+. The van der Waals surface area contributed by atoms with Crippen LogP contribution in [0, 0.1) is 0 Å². The molecule has 9 heteroatoms. The van der Waals surface area contributed by atoms with Crippen LogP contribution in [0.2, 0.25) is 0 Å². The number of nitrogens with two attached hydrogens (primary N) is 2. The van der Waals surface area contributed by atoms with Crippen molar-refractivity contribution in [3.63, 3.8) is 0 Å². The highest BCUT2D eigenvalue weighted by Gasteiger charge is 2.32. The van der Waals surface area contributed by atoms with E-state index in [-0.39, 0.29) is 49.7 Å². The number of halogens is 3. The van der Waals surface area contributed by atoms with Crippen LogP contribution in [0.3, 0.4) is 0 Å². The molecule has 0 rings (SSSR count). The molecule has 0 spiro atoms. The molecule has 0 bridgehead atoms. The number of amides is 1. The Bertz CT molecular complexity index is 213. The van der Waals surface area contributed by atoms with E-state index in [4.69, 9.17) is 11.5 Å². The van der Waals surface area contributed by atoms with Gasteiger partial charge in [-0.05, 0) is 13.8 Å². The number of hydroxylamine groups is 3. The van der Waals surface area contributed by atoms with Crippen molar-refractivity contribution in [3.8, 4) is 0 Å². The zero-order valence-electron chi connectivity index (χ0n) is 11.6. The van der Waals surface area contributed by atoms with Gasteiger partial charge in [-0.2, -0.15) is 0 Å². The Hall–Kier alpha value is 0.340. The first kappa shape index (κ1) is 27.6. The summed E-state index contributed by atoms with van der Waals surface area (Å²) in [6.07, 6.45) is 0. The van der Waals surface area contributed by atoms with Gasteiger partial charge in [-0.25, -0.2) is 10.0 Å². The van der Waals surface area contributed by atoms with Gasteiger partial charge in [0.1, 0.15) is 19.6 Å². The topological polar surface area (TPSA) is 92.6 Å². The molecule has 0 atom stereocenters. The van der Waals surface area contributed by atoms with Crippen LogP contribution in [0.5, 0.6) is 0 Å². The molecule has 0 unspecified atom stereocenters. The lowest BCUT2D eigenvalue weighted by molar-refractivity contribution is -1.04. The van der Waals surface area contributed by atoms with E-state index in [0.717, 1.165) is 0 Å². The monoisotopic (exact) mass is 341 g/mol. The van der Waals surface area contributed by atoms with Crippen molar-refractivity contribution in [2.45, 2.75) is 13.8 Å². The number of hydrogen-bond acceptors (Lipinski definition) is 5. The molecule has 0 aliphatic rings. The van der Waals surface area contributed by atoms with Crippen LogP contribution in [0.1, 0.15) is 13.8 Å². The molecule has 120 valence electrons. The van der Waals surface area contributed by atoms with Crippen LogP contribution in [-0.2, 0) is 4.79 Å². The number of nitrogens with zero attached hydrogens (tertiary/aromatic N) is 2. The van der Waals surface area contributed by atoms with Crippen LogP contribution in [0.15, 0.2) is 0 Å². The summed E-state index contributed by atoms with van der Waals surface area (Å²) in [5, 5.41) is 9.98. The second kappa shape index (κ2) is 14.7. The van der Waals surface area contributed by atoms with E-state index in [2.05, 4.69) is 0 Å². The lowest BCUT2D eigenvalue weighted by Gasteiger charge is -2.28. The predicted octanol–water partition coefficient (Wildman–Crippen LogP) is 0.244. The van der Waals surface area contributed by atoms with E-state index < -0.39 is 4.65 Å². The molecule has 0 aliphatic heterocycles. The Morgan fingerprint density at radius 3 is 1.68 bits per heavy atom. The summed E-state index contributed by atoms with van der Waals surface area (Å²) in [7, 11) is 0. The summed E-state index contributed by atoms with van der Waals surface area (Å²) < 4.78 is -0.522. The van der Waals surface area contributed by atoms with E-state index in [1.54, 1.807) is 13.8 Å². The molecule has 0 aromatic carbocycles. The average molecular weight is 343 g/mol. The number of quaternary nitrogens is 1. The van der Waals surface area contributed by atoms with Gasteiger partial charge < -0.3 is 11.5 Å². The van der Waals surface area contributed by atoms with E-state index in [9.17, 15) is 10.0 Å². The fourth-order valence-corrected chi connectivity index (χ4v) is 1.53. The van der Waals surface area contributed by atoms with Crippen molar-refractivity contribution in [1.82, 2.24) is 4.90 Å². The summed E-state index contributed by atoms with van der Waals surface area (Å²) in [4.78, 5) is 13.8. The minimum absolute atomic E-state index is 0. The minimum atomic E-state index is -0.522. The Kier molecular flexibility index (Phi) is 21.5. The highest BCUT2D eigenvalue weighted by Crippen LogP contribution is 2.03. The second-order valence-corrected chi connectivity index (χ2v) is 3.80. The van der Waals surface area contributed by atoms with E-state index in [0.29, 0.717) is 39.3 Å². The Labute approximate surface area is 134 Å². The molecule has 0 fully saturated rings. The maximum absolute atomic E-state index is 11.9. The molecule has 0 aromatic rings. The van der Waals surface area contributed by atoms with Crippen LogP contribution in [-0.4, -0.2) is 66.5 Å². The van der Waals surface area contributed by atoms with Crippen LogP contribution < -0.4 is 11.5 Å². The van der Waals surface area contributed by atoms with Crippen molar-refractivity contribution in [2.24, 2.45) is 11.5 Å². The lowest BCUT2D eigenvalue weighted by atomic mass is 10.3. The highest BCUT2D eigenvalue weighted by atomic mass is 35.5. The van der Waals surface area contributed by atoms with Crippen LogP contribution in [0.4, 0.5) is 0 Å². The Morgan fingerprint density at radius 2 is 1.42 bits per heavy atom. The van der Waals surface area contributed by atoms with Gasteiger partial charge in [-0.15, -0.1) is 41.9 Å². The van der Waals surface area contributed by atoms with Gasteiger partial charge in [-0.3, -0.25) is 4.90 Å². The number of likely N-dealkylation sites (N-methyl/N-ethyl adjacent to an activating group) is 1. The Balaban J connectivity index is -0.000000375. The van der Waals surface area contributed by atoms with Crippen molar-refractivity contribution < 1.29 is 14.6 Å². The molecule has 0 radical (unpaired) electrons. The summed E-state index contributed by atoms with van der Waals surface area (Å²) in [6, 6.07) is 0. The van der Waals surface area contributed by atoms with Gasteiger partial charge in [0.2, 0.25) is 0 Å². The van der Waals surface area contributed by atoms with Gasteiger partial charge in [0.15, 0.2) is 0 Å². The molecule has 0 aromatic heterocycles. The highest BCUT2D eigenvalue weighted by molar-refractivity contribution is 5.86. The minimum Gasteiger partial charge on any atom is -0.329 e. The van der Waals surface area contributed by atoms with Crippen molar-refractivity contribution in [2.75, 3.05) is 45.8 Å². The summed E-state index contributed by atoms with van der Waals surface area (Å²) in [5.41, 5.74) is 10.9. The van der Waals surface area contributed by atoms with E-state index in [1.807, 2.05) is 4.90 Å². The largest absolute Gasteiger partial charge is 0.359 e. The zero-order valence-corrected chi connectivity index (χ0v) is 14.0.